The van der Waals surface area contributed by atoms with Crippen molar-refractivity contribution in [1.29, 1.82) is 0 Å². The van der Waals surface area contributed by atoms with Crippen molar-refractivity contribution in [1.82, 2.24) is 26.1 Å². The number of ether oxygens (including phenoxy) is 1. The van der Waals surface area contributed by atoms with Gasteiger partial charge in [0.2, 0.25) is 11.9 Å². The highest BCUT2D eigenvalue weighted by Crippen LogP contribution is 2.31. The highest BCUT2D eigenvalue weighted by Gasteiger charge is 2.26. The predicted octanol–water partition coefficient (Wildman–Crippen LogP) is 3.78. The Bertz CT molecular complexity index is 1580. The molecule has 2 aromatic carbocycles. The molecule has 43 heavy (non-hydrogen) atoms. The number of nitrogens with zero attached hydrogens (tertiary/aromatic N) is 4. The van der Waals surface area contributed by atoms with Crippen molar-refractivity contribution >= 4 is 34.3 Å². The number of methoxy groups -OCH3 is 1. The van der Waals surface area contributed by atoms with Gasteiger partial charge in [-0.05, 0) is 48.1 Å². The van der Waals surface area contributed by atoms with Crippen molar-refractivity contribution < 1.29 is 13.9 Å². The van der Waals surface area contributed by atoms with Gasteiger partial charge in [-0.25, -0.2) is 24.8 Å². The molecule has 6 N–H and O–H groups in total. The number of hydrogen-bond donors (Lipinski definition) is 5. The first-order valence-electron chi connectivity index (χ1n) is 13.9. The molecule has 4 rings (SSSR count). The number of carbonyl (C=O) groups is 1. The van der Waals surface area contributed by atoms with Gasteiger partial charge in [-0.15, -0.1) is 0 Å². The van der Waals surface area contributed by atoms with Gasteiger partial charge in [0.25, 0.3) is 5.91 Å². The zero-order valence-corrected chi connectivity index (χ0v) is 24.9. The van der Waals surface area contributed by atoms with Crippen LogP contribution in [0.4, 0.5) is 10.1 Å². The zero-order chi connectivity index (χ0) is 30.9. The number of benzene rings is 2. The summed E-state index contributed by atoms with van der Waals surface area (Å²) >= 11 is 0. The summed E-state index contributed by atoms with van der Waals surface area (Å²) in [5, 5.41) is 12.7. The molecule has 2 heterocycles. The maximum Gasteiger partial charge on any atom is 0.283 e. The Balaban J connectivity index is 1.69. The second-order valence-electron chi connectivity index (χ2n) is 9.83. The van der Waals surface area contributed by atoms with Gasteiger partial charge in [0.1, 0.15) is 5.82 Å². The number of pyridine rings is 1. The van der Waals surface area contributed by atoms with Crippen LogP contribution in [0.5, 0.6) is 0 Å². The number of fused-ring (bicyclic) bond motifs is 1. The lowest BCUT2D eigenvalue weighted by Crippen LogP contribution is -2.61. The minimum atomic E-state index is -1.05. The molecule has 0 aliphatic carbocycles. The van der Waals surface area contributed by atoms with Crippen molar-refractivity contribution in [3.05, 3.63) is 84.1 Å². The molecule has 1 unspecified atom stereocenters. The fourth-order valence-corrected chi connectivity index (χ4v) is 4.50. The number of anilines is 1. The number of allylic oxidation sites excluding steroid dienone is 1. The molecule has 11 nitrogen and oxygen atoms in total. The van der Waals surface area contributed by atoms with E-state index in [0.29, 0.717) is 37.2 Å². The molecule has 12 heteroatoms. The van der Waals surface area contributed by atoms with Crippen LogP contribution in [-0.4, -0.2) is 61.2 Å². The summed E-state index contributed by atoms with van der Waals surface area (Å²) < 4.78 is 18.6. The van der Waals surface area contributed by atoms with Crippen LogP contribution < -0.4 is 27.1 Å². The second-order valence-corrected chi connectivity index (χ2v) is 9.83. The first-order chi connectivity index (χ1) is 20.8. The van der Waals surface area contributed by atoms with Crippen molar-refractivity contribution in [3.8, 4) is 11.3 Å². The average molecular weight is 588 g/mol. The van der Waals surface area contributed by atoms with E-state index in [1.807, 2.05) is 48.5 Å². The van der Waals surface area contributed by atoms with Crippen LogP contribution in [0.1, 0.15) is 25.8 Å². The second kappa shape index (κ2) is 14.5. The Labute approximate surface area is 250 Å². The first kappa shape index (κ1) is 31.3. The van der Waals surface area contributed by atoms with Crippen LogP contribution in [0, 0.1) is 0 Å². The smallest absolute Gasteiger partial charge is 0.283 e. The fourth-order valence-electron chi connectivity index (χ4n) is 4.50. The van der Waals surface area contributed by atoms with Crippen molar-refractivity contribution in [2.24, 2.45) is 15.7 Å². The van der Waals surface area contributed by atoms with Crippen LogP contribution in [-0.2, 0) is 16.1 Å². The lowest BCUT2D eigenvalue weighted by Gasteiger charge is -2.35. The highest BCUT2D eigenvalue weighted by molar-refractivity contribution is 6.04. The Morgan fingerprint density at radius 1 is 1.21 bits per heavy atom. The third kappa shape index (κ3) is 7.41. The molecule has 0 spiro atoms. The molecule has 1 aliphatic heterocycles. The van der Waals surface area contributed by atoms with Gasteiger partial charge >= 0.3 is 0 Å². The molecular weight excluding hydrogens is 549 g/mol. The molecule has 1 aliphatic rings. The zero-order valence-electron chi connectivity index (χ0n) is 24.9. The quantitative estimate of drug-likeness (QED) is 0.214. The molecule has 1 saturated heterocycles. The molecule has 3 aromatic rings. The van der Waals surface area contributed by atoms with Crippen molar-refractivity contribution in [2.45, 2.75) is 32.9 Å². The van der Waals surface area contributed by atoms with Gasteiger partial charge < -0.3 is 21.1 Å². The molecule has 1 amide bonds. The van der Waals surface area contributed by atoms with Crippen LogP contribution in [0.2, 0.25) is 0 Å². The fraction of sp³-hybridized carbons (Fsp3) is 0.290. The summed E-state index contributed by atoms with van der Waals surface area (Å²) in [6.45, 7) is 8.28. The summed E-state index contributed by atoms with van der Waals surface area (Å²) in [7, 11) is 3.44. The summed E-state index contributed by atoms with van der Waals surface area (Å²) in [4.78, 5) is 26.1. The minimum Gasteiger partial charge on any atom is -0.378 e. The summed E-state index contributed by atoms with van der Waals surface area (Å²) in [6.07, 6.45) is 2.33. The van der Waals surface area contributed by atoms with E-state index in [1.54, 1.807) is 25.4 Å². The summed E-state index contributed by atoms with van der Waals surface area (Å²) in [5.41, 5.74) is 13.2. The first-order valence-corrected chi connectivity index (χ1v) is 13.9. The molecule has 0 saturated carbocycles. The molecule has 1 aromatic heterocycles. The van der Waals surface area contributed by atoms with E-state index in [2.05, 4.69) is 46.8 Å². The molecule has 0 bridgehead atoms. The summed E-state index contributed by atoms with van der Waals surface area (Å²) in [5.74, 6) is 0.0307. The van der Waals surface area contributed by atoms with Gasteiger partial charge in [-0.3, -0.25) is 15.1 Å². The Kier molecular flexibility index (Phi) is 10.5. The van der Waals surface area contributed by atoms with Crippen molar-refractivity contribution in [3.63, 3.8) is 0 Å². The molecule has 0 radical (unpaired) electrons. The van der Waals surface area contributed by atoms with Crippen LogP contribution in [0.3, 0.4) is 0 Å². The van der Waals surface area contributed by atoms with Gasteiger partial charge in [0.05, 0.1) is 24.9 Å². The van der Waals surface area contributed by atoms with Gasteiger partial charge in [-0.1, -0.05) is 43.8 Å². The molecule has 1 atom stereocenters. The number of aliphatic imine (C=N–C) groups is 2. The third-order valence-corrected chi connectivity index (χ3v) is 7.05. The topological polar surface area (TPSA) is 141 Å². The van der Waals surface area contributed by atoms with Crippen LogP contribution >= 0.6 is 0 Å². The highest BCUT2D eigenvalue weighted by atomic mass is 19.1. The Morgan fingerprint density at radius 2 is 2.00 bits per heavy atom. The standard InChI is InChI=1S/C31H38FN9O2/c1-6-19(2)28-39-30(36-18-24(16-33)43-5)40-31(41(28)34-4)37-17-22-9-7-8-10-25(22)27-26-12-11-23(38-29(42)20(3)32)15-21(26)13-14-35-27/h7-15,24,34H,3,6,16-18,33H2,1-2,4-5H3,(H,38,42)(H2,36,37,39,40)/b28-19+. The SMILES string of the molecule is C=C(F)C(=O)Nc1ccc2c(-c3ccccc3CN=C3NC(=NCC(CN)OC)N/C(=C(/C)CC)N3NC)nccc2c1. The number of nitrogens with two attached hydrogens (primary N) is 1. The van der Waals surface area contributed by atoms with E-state index in [9.17, 15) is 9.18 Å². The number of aromatic nitrogens is 1. The van der Waals surface area contributed by atoms with Gasteiger partial charge in [0, 0.05) is 43.5 Å². The average Bonchev–Trinajstić information content (AvgIpc) is 3.03. The number of hydrazine groups is 1. The number of nitrogens with one attached hydrogen (secondary N) is 4. The Hall–Kier alpha value is -4.65. The lowest BCUT2D eigenvalue weighted by molar-refractivity contribution is -0.114. The van der Waals surface area contributed by atoms with Gasteiger partial charge in [0.15, 0.2) is 5.83 Å². The Morgan fingerprint density at radius 3 is 2.70 bits per heavy atom. The number of halogens is 1. The lowest BCUT2D eigenvalue weighted by atomic mass is 9.99. The van der Waals surface area contributed by atoms with Crippen LogP contribution in [0.15, 0.2) is 88.5 Å². The van der Waals surface area contributed by atoms with E-state index in [1.165, 1.54) is 0 Å². The molecular formula is C31H38FN9O2. The maximum absolute atomic E-state index is 13.2. The number of hydrogen-bond acceptors (Lipinski definition) is 7. The number of carbonyl (C=O) groups excluding carboxylic acids is 1. The number of guanidine groups is 2. The maximum atomic E-state index is 13.2. The van der Waals surface area contributed by atoms with Gasteiger partial charge in [-0.2, -0.15) is 0 Å². The number of rotatable bonds is 11. The third-order valence-electron chi connectivity index (χ3n) is 7.05. The molecule has 226 valence electrons. The summed E-state index contributed by atoms with van der Waals surface area (Å²) in [6, 6.07) is 15.1. The largest absolute Gasteiger partial charge is 0.378 e. The normalized spacial score (nSPS) is 17.0. The van der Waals surface area contributed by atoms with E-state index >= 15 is 0 Å². The minimum absolute atomic E-state index is 0.200. The van der Waals surface area contributed by atoms with E-state index in [0.717, 1.165) is 45.4 Å². The molecule has 1 fully saturated rings. The van der Waals surface area contributed by atoms with Crippen molar-refractivity contribution in [2.75, 3.05) is 32.6 Å². The van der Waals surface area contributed by atoms with Crippen LogP contribution in [0.25, 0.3) is 22.0 Å². The van der Waals surface area contributed by atoms with E-state index < -0.39 is 11.7 Å². The number of amides is 1. The van der Waals surface area contributed by atoms with E-state index in [-0.39, 0.29) is 6.10 Å². The van der Waals surface area contributed by atoms with E-state index in [4.69, 9.17) is 20.4 Å². The predicted molar refractivity (Wildman–Crippen MR) is 170 cm³/mol. The monoisotopic (exact) mass is 587 g/mol.